The monoisotopic (exact) mass is 295 g/mol. The minimum atomic E-state index is -0.0667. The average molecular weight is 295 g/mol. The molecule has 22 heavy (non-hydrogen) atoms. The summed E-state index contributed by atoms with van der Waals surface area (Å²) in [5, 5.41) is 2.97. The first kappa shape index (κ1) is 16.3. The van der Waals surface area contributed by atoms with Crippen LogP contribution in [0.4, 0.5) is 5.69 Å². The van der Waals surface area contributed by atoms with E-state index < -0.39 is 0 Å². The molecule has 0 aromatic heterocycles. The molecule has 0 bridgehead atoms. The van der Waals surface area contributed by atoms with Crippen molar-refractivity contribution in [3.63, 3.8) is 0 Å². The normalized spacial score (nSPS) is 11.3. The number of nitrogens with one attached hydrogen (secondary N) is 1. The summed E-state index contributed by atoms with van der Waals surface area (Å²) in [4.78, 5) is 12.2. The Bertz CT molecular complexity index is 663. The number of carbonyl (C=O) groups excluding carboxylic acids is 1. The molecule has 0 heterocycles. The summed E-state index contributed by atoms with van der Waals surface area (Å²) in [5.74, 6) is -0.0667. The quantitative estimate of drug-likeness (QED) is 0.834. The van der Waals surface area contributed by atoms with Gasteiger partial charge in [0.05, 0.1) is 0 Å². The van der Waals surface area contributed by atoms with E-state index in [1.165, 1.54) is 11.1 Å². The molecular weight excluding hydrogens is 270 g/mol. The van der Waals surface area contributed by atoms with Crippen molar-refractivity contribution in [2.45, 2.75) is 41.0 Å². The fourth-order valence-electron chi connectivity index (χ4n) is 2.45. The summed E-state index contributed by atoms with van der Waals surface area (Å²) >= 11 is 0. The van der Waals surface area contributed by atoms with Crippen molar-refractivity contribution >= 4 is 11.6 Å². The maximum absolute atomic E-state index is 12.2. The Labute approximate surface area is 133 Å². The second-order valence-corrected chi connectivity index (χ2v) is 7.20. The maximum atomic E-state index is 12.2. The zero-order valence-electron chi connectivity index (χ0n) is 14.2. The van der Waals surface area contributed by atoms with Crippen LogP contribution >= 0.6 is 0 Å². The standard InChI is InChI=1S/C20H25NO/c1-14-6-8-16(9-7-14)19(22)21-18-11-10-17(15(2)12-18)13-20(3,4)5/h6-12H,13H2,1-5H3,(H,21,22). The van der Waals surface area contributed by atoms with Crippen LogP contribution in [0.5, 0.6) is 0 Å². The summed E-state index contributed by atoms with van der Waals surface area (Å²) in [6.45, 7) is 10.8. The number of carbonyl (C=O) groups is 1. The maximum Gasteiger partial charge on any atom is 0.255 e. The second-order valence-electron chi connectivity index (χ2n) is 7.20. The lowest BCUT2D eigenvalue weighted by Crippen LogP contribution is -2.13. The van der Waals surface area contributed by atoms with Gasteiger partial charge in [0.1, 0.15) is 0 Å². The number of benzene rings is 2. The second kappa shape index (κ2) is 6.35. The molecule has 0 fully saturated rings. The van der Waals surface area contributed by atoms with E-state index in [2.05, 4.69) is 39.1 Å². The molecule has 0 spiro atoms. The van der Waals surface area contributed by atoms with Crippen molar-refractivity contribution in [1.82, 2.24) is 0 Å². The number of aryl methyl sites for hydroxylation is 2. The van der Waals surface area contributed by atoms with E-state index in [1.807, 2.05) is 43.3 Å². The van der Waals surface area contributed by atoms with E-state index in [0.29, 0.717) is 5.56 Å². The van der Waals surface area contributed by atoms with Gasteiger partial charge in [-0.2, -0.15) is 0 Å². The van der Waals surface area contributed by atoms with Gasteiger partial charge >= 0.3 is 0 Å². The van der Waals surface area contributed by atoms with E-state index in [1.54, 1.807) is 0 Å². The lowest BCUT2D eigenvalue weighted by Gasteiger charge is -2.20. The predicted octanol–water partition coefficient (Wildman–Crippen LogP) is 5.14. The zero-order valence-corrected chi connectivity index (χ0v) is 14.2. The summed E-state index contributed by atoms with van der Waals surface area (Å²) in [6, 6.07) is 13.8. The van der Waals surface area contributed by atoms with Gasteiger partial charge in [-0.1, -0.05) is 44.5 Å². The molecule has 2 heteroatoms. The molecule has 0 aliphatic rings. The summed E-state index contributed by atoms with van der Waals surface area (Å²) in [7, 11) is 0. The minimum absolute atomic E-state index is 0.0667. The molecule has 2 rings (SSSR count). The molecule has 1 amide bonds. The highest BCUT2D eigenvalue weighted by molar-refractivity contribution is 6.04. The van der Waals surface area contributed by atoms with Gasteiger partial charge in [-0.25, -0.2) is 0 Å². The Morgan fingerprint density at radius 2 is 1.64 bits per heavy atom. The van der Waals surface area contributed by atoms with Crippen LogP contribution in [-0.2, 0) is 6.42 Å². The molecular formula is C20H25NO. The van der Waals surface area contributed by atoms with Gasteiger partial charge in [-0.3, -0.25) is 4.79 Å². The lowest BCUT2D eigenvalue weighted by atomic mass is 9.86. The van der Waals surface area contributed by atoms with E-state index >= 15 is 0 Å². The van der Waals surface area contributed by atoms with Crippen molar-refractivity contribution in [1.29, 1.82) is 0 Å². The summed E-state index contributed by atoms with van der Waals surface area (Å²) < 4.78 is 0. The van der Waals surface area contributed by atoms with Gasteiger partial charge in [-0.15, -0.1) is 0 Å². The van der Waals surface area contributed by atoms with Gasteiger partial charge in [0, 0.05) is 11.3 Å². The Kier molecular flexibility index (Phi) is 4.70. The van der Waals surface area contributed by atoms with Crippen LogP contribution in [0.25, 0.3) is 0 Å². The van der Waals surface area contributed by atoms with E-state index in [9.17, 15) is 4.79 Å². The smallest absolute Gasteiger partial charge is 0.255 e. The van der Waals surface area contributed by atoms with Crippen LogP contribution in [0, 0.1) is 19.3 Å². The van der Waals surface area contributed by atoms with Crippen molar-refractivity contribution in [2.75, 3.05) is 5.32 Å². The van der Waals surface area contributed by atoms with Crippen molar-refractivity contribution in [3.05, 3.63) is 64.7 Å². The highest BCUT2D eigenvalue weighted by atomic mass is 16.1. The third kappa shape index (κ3) is 4.45. The Hall–Kier alpha value is -2.09. The fourth-order valence-corrected chi connectivity index (χ4v) is 2.45. The van der Waals surface area contributed by atoms with Crippen LogP contribution in [-0.4, -0.2) is 5.91 Å². The van der Waals surface area contributed by atoms with E-state index in [-0.39, 0.29) is 11.3 Å². The zero-order chi connectivity index (χ0) is 16.3. The summed E-state index contributed by atoms with van der Waals surface area (Å²) in [5.41, 5.74) is 5.50. The molecule has 0 saturated heterocycles. The van der Waals surface area contributed by atoms with Crippen molar-refractivity contribution < 1.29 is 4.79 Å². The molecule has 2 aromatic rings. The van der Waals surface area contributed by atoms with Crippen LogP contribution in [0.1, 0.15) is 47.8 Å². The third-order valence-electron chi connectivity index (χ3n) is 3.63. The Morgan fingerprint density at radius 3 is 2.18 bits per heavy atom. The van der Waals surface area contributed by atoms with E-state index in [0.717, 1.165) is 17.7 Å². The number of rotatable bonds is 3. The number of amides is 1. The third-order valence-corrected chi connectivity index (χ3v) is 3.63. The SMILES string of the molecule is Cc1ccc(C(=O)Nc2ccc(CC(C)(C)C)c(C)c2)cc1. The van der Waals surface area contributed by atoms with Crippen molar-refractivity contribution in [2.24, 2.45) is 5.41 Å². The molecule has 2 nitrogen and oxygen atoms in total. The minimum Gasteiger partial charge on any atom is -0.322 e. The topological polar surface area (TPSA) is 29.1 Å². The highest BCUT2D eigenvalue weighted by Crippen LogP contribution is 2.24. The first-order valence-corrected chi connectivity index (χ1v) is 7.72. The Balaban J connectivity index is 2.12. The number of hydrogen-bond acceptors (Lipinski definition) is 1. The van der Waals surface area contributed by atoms with Crippen LogP contribution < -0.4 is 5.32 Å². The largest absolute Gasteiger partial charge is 0.322 e. The molecule has 0 radical (unpaired) electrons. The summed E-state index contributed by atoms with van der Waals surface area (Å²) in [6.07, 6.45) is 1.03. The van der Waals surface area contributed by atoms with Gasteiger partial charge in [0.2, 0.25) is 0 Å². The molecule has 0 atom stereocenters. The fraction of sp³-hybridized carbons (Fsp3) is 0.350. The molecule has 0 aliphatic carbocycles. The first-order chi connectivity index (χ1) is 10.2. The van der Waals surface area contributed by atoms with Crippen LogP contribution in [0.3, 0.4) is 0 Å². The van der Waals surface area contributed by atoms with E-state index in [4.69, 9.17) is 0 Å². The van der Waals surface area contributed by atoms with Gasteiger partial charge in [0.25, 0.3) is 5.91 Å². The molecule has 1 N–H and O–H groups in total. The molecule has 0 saturated carbocycles. The van der Waals surface area contributed by atoms with Gasteiger partial charge in [-0.05, 0) is 61.1 Å². The van der Waals surface area contributed by atoms with Gasteiger partial charge in [0.15, 0.2) is 0 Å². The van der Waals surface area contributed by atoms with Gasteiger partial charge < -0.3 is 5.32 Å². The highest BCUT2D eigenvalue weighted by Gasteiger charge is 2.13. The lowest BCUT2D eigenvalue weighted by molar-refractivity contribution is 0.102. The predicted molar refractivity (Wildman–Crippen MR) is 93.5 cm³/mol. The number of hydrogen-bond donors (Lipinski definition) is 1. The van der Waals surface area contributed by atoms with Crippen LogP contribution in [0.2, 0.25) is 0 Å². The van der Waals surface area contributed by atoms with Crippen LogP contribution in [0.15, 0.2) is 42.5 Å². The molecule has 0 aliphatic heterocycles. The molecule has 116 valence electrons. The molecule has 2 aromatic carbocycles. The Morgan fingerprint density at radius 1 is 1.00 bits per heavy atom. The average Bonchev–Trinajstić information content (AvgIpc) is 2.41. The molecule has 0 unspecified atom stereocenters. The number of anilines is 1. The van der Waals surface area contributed by atoms with Crippen molar-refractivity contribution in [3.8, 4) is 0 Å². The first-order valence-electron chi connectivity index (χ1n) is 7.72.